The van der Waals surface area contributed by atoms with Crippen molar-refractivity contribution in [3.63, 3.8) is 0 Å². The Bertz CT molecular complexity index is 428. The summed E-state index contributed by atoms with van der Waals surface area (Å²) < 4.78 is 0.915. The molecule has 0 radical (unpaired) electrons. The minimum Gasteiger partial charge on any atom is -0.329 e. The number of hydrogen-bond acceptors (Lipinski definition) is 3. The maximum atomic E-state index is 12.5. The van der Waals surface area contributed by atoms with E-state index in [9.17, 15) is 4.79 Å². The molecule has 1 heterocycles. The average molecular weight is 311 g/mol. The molecule has 1 fully saturated rings. The molecule has 0 amide bonds. The quantitative estimate of drug-likeness (QED) is 0.930. The molecule has 3 nitrogen and oxygen atoms in total. The van der Waals surface area contributed by atoms with E-state index >= 15 is 0 Å². The summed E-state index contributed by atoms with van der Waals surface area (Å²) in [7, 11) is 0. The molecule has 0 aromatic carbocycles. The van der Waals surface area contributed by atoms with Crippen molar-refractivity contribution < 1.29 is 4.79 Å². The summed E-state index contributed by atoms with van der Waals surface area (Å²) in [6, 6.07) is 1.96. The van der Waals surface area contributed by atoms with Gasteiger partial charge in [0.05, 0.1) is 0 Å². The lowest BCUT2D eigenvalue weighted by Gasteiger charge is -2.34. The van der Waals surface area contributed by atoms with Crippen molar-refractivity contribution in [2.75, 3.05) is 6.54 Å². The SMILES string of the molecule is NCC1(C(=O)Cc2cncc(Br)c2)CCCCC1. The molecule has 98 valence electrons. The summed E-state index contributed by atoms with van der Waals surface area (Å²) in [4.78, 5) is 16.6. The van der Waals surface area contributed by atoms with Gasteiger partial charge in [-0.15, -0.1) is 0 Å². The Morgan fingerprint density at radius 1 is 1.33 bits per heavy atom. The van der Waals surface area contributed by atoms with Crippen LogP contribution in [-0.2, 0) is 11.2 Å². The van der Waals surface area contributed by atoms with E-state index in [4.69, 9.17) is 5.73 Å². The summed E-state index contributed by atoms with van der Waals surface area (Å²) in [5, 5.41) is 0. The first-order valence-corrected chi connectivity index (χ1v) is 7.28. The zero-order valence-electron chi connectivity index (χ0n) is 10.5. The van der Waals surface area contributed by atoms with Crippen molar-refractivity contribution in [1.29, 1.82) is 0 Å². The van der Waals surface area contributed by atoms with Crippen molar-refractivity contribution in [2.24, 2.45) is 11.1 Å². The van der Waals surface area contributed by atoms with Gasteiger partial charge >= 0.3 is 0 Å². The molecular formula is C14H19BrN2O. The highest BCUT2D eigenvalue weighted by molar-refractivity contribution is 9.10. The van der Waals surface area contributed by atoms with Gasteiger partial charge in [0.2, 0.25) is 0 Å². The second kappa shape index (κ2) is 5.93. The summed E-state index contributed by atoms with van der Waals surface area (Å²) in [5.74, 6) is 0.282. The van der Waals surface area contributed by atoms with Crippen LogP contribution in [0.3, 0.4) is 0 Å². The van der Waals surface area contributed by atoms with E-state index in [1.54, 1.807) is 12.4 Å². The molecule has 4 heteroatoms. The molecule has 18 heavy (non-hydrogen) atoms. The third-order valence-corrected chi connectivity index (χ3v) is 4.35. The van der Waals surface area contributed by atoms with Crippen LogP contribution in [0.4, 0.5) is 0 Å². The Balaban J connectivity index is 2.10. The second-order valence-electron chi connectivity index (χ2n) is 5.16. The first-order chi connectivity index (χ1) is 8.66. The van der Waals surface area contributed by atoms with Gasteiger partial charge in [0.15, 0.2) is 0 Å². The van der Waals surface area contributed by atoms with Crippen LogP contribution >= 0.6 is 15.9 Å². The minimum absolute atomic E-state index is 0.277. The van der Waals surface area contributed by atoms with Crippen molar-refractivity contribution in [3.8, 4) is 0 Å². The van der Waals surface area contributed by atoms with E-state index in [1.165, 1.54) is 6.42 Å². The molecule has 0 saturated heterocycles. The molecule has 1 aromatic rings. The Kier molecular flexibility index (Phi) is 4.51. The number of aromatic nitrogens is 1. The molecule has 1 aliphatic rings. The van der Waals surface area contributed by atoms with Crippen LogP contribution in [-0.4, -0.2) is 17.3 Å². The fourth-order valence-corrected chi connectivity index (χ4v) is 3.16. The second-order valence-corrected chi connectivity index (χ2v) is 6.07. The maximum Gasteiger partial charge on any atom is 0.144 e. The van der Waals surface area contributed by atoms with Crippen molar-refractivity contribution in [3.05, 3.63) is 28.5 Å². The average Bonchev–Trinajstić information content (AvgIpc) is 2.39. The van der Waals surface area contributed by atoms with Crippen LogP contribution in [0, 0.1) is 5.41 Å². The van der Waals surface area contributed by atoms with E-state index in [2.05, 4.69) is 20.9 Å². The van der Waals surface area contributed by atoms with Gasteiger partial charge in [0.25, 0.3) is 0 Å². The number of ketones is 1. The molecule has 1 aliphatic carbocycles. The van der Waals surface area contributed by atoms with Crippen LogP contribution in [0.1, 0.15) is 37.7 Å². The van der Waals surface area contributed by atoms with Gasteiger partial charge in [-0.3, -0.25) is 9.78 Å². The molecule has 1 saturated carbocycles. The van der Waals surface area contributed by atoms with Gasteiger partial charge < -0.3 is 5.73 Å². The van der Waals surface area contributed by atoms with E-state index in [-0.39, 0.29) is 11.2 Å². The fourth-order valence-electron chi connectivity index (χ4n) is 2.75. The lowest BCUT2D eigenvalue weighted by atomic mass is 9.70. The molecule has 0 atom stereocenters. The monoisotopic (exact) mass is 310 g/mol. The van der Waals surface area contributed by atoms with Crippen LogP contribution in [0.2, 0.25) is 0 Å². The van der Waals surface area contributed by atoms with Crippen molar-refractivity contribution in [2.45, 2.75) is 38.5 Å². The third-order valence-electron chi connectivity index (χ3n) is 3.92. The van der Waals surface area contributed by atoms with Gasteiger partial charge in [0.1, 0.15) is 5.78 Å². The standard InChI is InChI=1S/C14H19BrN2O/c15-12-6-11(8-17-9-12)7-13(18)14(10-16)4-2-1-3-5-14/h6,8-9H,1-5,7,10,16H2. The van der Waals surface area contributed by atoms with Gasteiger partial charge in [-0.1, -0.05) is 19.3 Å². The van der Waals surface area contributed by atoms with Crippen LogP contribution in [0.15, 0.2) is 22.9 Å². The first-order valence-electron chi connectivity index (χ1n) is 6.49. The third kappa shape index (κ3) is 2.98. The normalized spacial score (nSPS) is 18.6. The van der Waals surface area contributed by atoms with E-state index < -0.39 is 0 Å². The highest BCUT2D eigenvalue weighted by atomic mass is 79.9. The summed E-state index contributed by atoms with van der Waals surface area (Å²) in [6.45, 7) is 0.479. The van der Waals surface area contributed by atoms with Crippen molar-refractivity contribution >= 4 is 21.7 Å². The molecule has 0 spiro atoms. The van der Waals surface area contributed by atoms with Crippen molar-refractivity contribution in [1.82, 2.24) is 4.98 Å². The molecule has 0 aliphatic heterocycles. The highest BCUT2D eigenvalue weighted by Crippen LogP contribution is 2.37. The lowest BCUT2D eigenvalue weighted by Crippen LogP contribution is -2.41. The van der Waals surface area contributed by atoms with Crippen LogP contribution in [0.25, 0.3) is 0 Å². The number of hydrogen-bond donors (Lipinski definition) is 1. The number of carbonyl (C=O) groups excluding carboxylic acids is 1. The Hall–Kier alpha value is -0.740. The highest BCUT2D eigenvalue weighted by Gasteiger charge is 2.37. The fraction of sp³-hybridized carbons (Fsp3) is 0.571. The maximum absolute atomic E-state index is 12.5. The number of nitrogens with zero attached hydrogens (tertiary/aromatic N) is 1. The van der Waals surface area contributed by atoms with E-state index in [1.807, 2.05) is 6.07 Å². The summed E-state index contributed by atoms with van der Waals surface area (Å²) >= 11 is 3.38. The Morgan fingerprint density at radius 3 is 2.67 bits per heavy atom. The zero-order valence-corrected chi connectivity index (χ0v) is 12.1. The molecule has 0 bridgehead atoms. The number of pyridine rings is 1. The smallest absolute Gasteiger partial charge is 0.144 e. The summed E-state index contributed by atoms with van der Waals surface area (Å²) in [6.07, 6.45) is 9.31. The number of Topliss-reactive ketones (excluding diaryl/α,β-unsaturated/α-hetero) is 1. The van der Waals surface area contributed by atoms with Gasteiger partial charge in [-0.25, -0.2) is 0 Å². The topological polar surface area (TPSA) is 56.0 Å². The number of nitrogens with two attached hydrogens (primary N) is 1. The van der Waals surface area contributed by atoms with Gasteiger partial charge in [-0.2, -0.15) is 0 Å². The van der Waals surface area contributed by atoms with Gasteiger partial charge in [0, 0.05) is 35.2 Å². The zero-order chi connectivity index (χ0) is 13.0. The molecule has 0 unspecified atom stereocenters. The number of halogens is 1. The van der Waals surface area contributed by atoms with Gasteiger partial charge in [-0.05, 0) is 40.4 Å². The molecule has 2 N–H and O–H groups in total. The van der Waals surface area contributed by atoms with E-state index in [0.717, 1.165) is 35.7 Å². The summed E-state index contributed by atoms with van der Waals surface area (Å²) in [5.41, 5.74) is 6.57. The largest absolute Gasteiger partial charge is 0.329 e. The predicted molar refractivity (Wildman–Crippen MR) is 75.2 cm³/mol. The molecule has 1 aromatic heterocycles. The van der Waals surface area contributed by atoms with Crippen LogP contribution in [0.5, 0.6) is 0 Å². The Labute approximate surface area is 116 Å². The predicted octanol–water partition coefficient (Wildman–Crippen LogP) is 2.86. The minimum atomic E-state index is -0.277. The lowest BCUT2D eigenvalue weighted by molar-refractivity contribution is -0.129. The van der Waals surface area contributed by atoms with E-state index in [0.29, 0.717) is 13.0 Å². The number of rotatable bonds is 4. The first kappa shape index (κ1) is 13.7. The van der Waals surface area contributed by atoms with Crippen LogP contribution < -0.4 is 5.73 Å². The Morgan fingerprint density at radius 2 is 2.06 bits per heavy atom. The number of carbonyl (C=O) groups is 1. The molecule has 2 rings (SSSR count). The molecular weight excluding hydrogens is 292 g/mol.